The first-order valence-corrected chi connectivity index (χ1v) is 10.4. The van der Waals surface area contributed by atoms with Gasteiger partial charge >= 0.3 is 0 Å². The molecule has 0 spiro atoms. The van der Waals surface area contributed by atoms with Gasteiger partial charge in [0.05, 0.1) is 16.5 Å². The van der Waals surface area contributed by atoms with Gasteiger partial charge in [0.1, 0.15) is 6.10 Å². The highest BCUT2D eigenvalue weighted by molar-refractivity contribution is 9.11. The molecule has 0 amide bonds. The summed E-state index contributed by atoms with van der Waals surface area (Å²) in [6.07, 6.45) is 3.65. The fraction of sp³-hybridized carbons (Fsp3) is 0.706. The van der Waals surface area contributed by atoms with Gasteiger partial charge in [0, 0.05) is 44.1 Å². The minimum atomic E-state index is 0.165. The number of aliphatic imine (C=N–C) groups is 1. The average molecular weight is 416 g/mol. The van der Waals surface area contributed by atoms with Crippen LogP contribution in [0, 0.1) is 0 Å². The summed E-state index contributed by atoms with van der Waals surface area (Å²) < 4.78 is 12.9. The van der Waals surface area contributed by atoms with Gasteiger partial charge in [0.25, 0.3) is 0 Å². The molecule has 0 aliphatic carbocycles. The van der Waals surface area contributed by atoms with Crippen LogP contribution in [0.2, 0.25) is 0 Å². The summed E-state index contributed by atoms with van der Waals surface area (Å²) in [6, 6.07) is 4.27. The van der Waals surface area contributed by atoms with Gasteiger partial charge in [-0.25, -0.2) is 0 Å². The fourth-order valence-corrected chi connectivity index (χ4v) is 4.64. The molecular weight excluding hydrogens is 390 g/mol. The van der Waals surface area contributed by atoms with Crippen LogP contribution in [0.25, 0.3) is 0 Å². The Morgan fingerprint density at radius 3 is 2.96 bits per heavy atom. The van der Waals surface area contributed by atoms with E-state index in [0.717, 1.165) is 64.6 Å². The Bertz CT molecular complexity index is 546. The van der Waals surface area contributed by atoms with Crippen molar-refractivity contribution in [2.75, 3.05) is 39.4 Å². The molecule has 2 atom stereocenters. The number of nitrogens with zero attached hydrogens (tertiary/aromatic N) is 2. The average Bonchev–Trinajstić information content (AvgIpc) is 3.26. The molecule has 0 aromatic carbocycles. The third-order valence-electron chi connectivity index (χ3n) is 4.36. The molecule has 2 saturated heterocycles. The first-order valence-electron chi connectivity index (χ1n) is 8.77. The summed E-state index contributed by atoms with van der Waals surface area (Å²) in [5, 5.41) is 3.43. The molecule has 2 aliphatic heterocycles. The molecule has 3 heterocycles. The van der Waals surface area contributed by atoms with E-state index in [0.29, 0.717) is 0 Å². The van der Waals surface area contributed by atoms with Crippen molar-refractivity contribution in [2.45, 2.75) is 38.4 Å². The Hall–Kier alpha value is -0.630. The molecule has 1 N–H and O–H groups in total. The van der Waals surface area contributed by atoms with Crippen molar-refractivity contribution in [3.8, 4) is 0 Å². The summed E-state index contributed by atoms with van der Waals surface area (Å²) in [5.41, 5.74) is 0. The second-order valence-corrected chi connectivity index (χ2v) is 8.65. The quantitative estimate of drug-likeness (QED) is 0.593. The minimum absolute atomic E-state index is 0.165. The number of rotatable bonds is 5. The minimum Gasteiger partial charge on any atom is -0.375 e. The van der Waals surface area contributed by atoms with E-state index in [9.17, 15) is 0 Å². The van der Waals surface area contributed by atoms with Gasteiger partial charge < -0.3 is 19.7 Å². The van der Waals surface area contributed by atoms with Crippen LogP contribution in [0.4, 0.5) is 0 Å². The van der Waals surface area contributed by atoms with Crippen LogP contribution in [0.1, 0.15) is 24.6 Å². The number of guanidine groups is 1. The van der Waals surface area contributed by atoms with Gasteiger partial charge in [0.2, 0.25) is 0 Å². The third kappa shape index (κ3) is 4.94. The molecular formula is C17H26BrN3O2S. The van der Waals surface area contributed by atoms with Gasteiger partial charge in [-0.2, -0.15) is 0 Å². The van der Waals surface area contributed by atoms with Crippen LogP contribution in [0.15, 0.2) is 20.9 Å². The van der Waals surface area contributed by atoms with Crippen LogP contribution < -0.4 is 5.32 Å². The standard InChI is InChI=1S/C17H26BrN3O2S/c1-2-19-17(20-8-7-13-5-6-16(18)24-13)21-9-11-23-15(12-21)14-4-3-10-22-14/h5-6,14-15H,2-4,7-12H2,1H3,(H,19,20). The number of nitrogens with one attached hydrogen (secondary N) is 1. The zero-order valence-corrected chi connectivity index (χ0v) is 16.6. The maximum Gasteiger partial charge on any atom is 0.194 e. The summed E-state index contributed by atoms with van der Waals surface area (Å²) in [5.74, 6) is 0.999. The zero-order valence-electron chi connectivity index (χ0n) is 14.2. The van der Waals surface area contributed by atoms with Gasteiger partial charge in [-0.05, 0) is 47.8 Å². The van der Waals surface area contributed by atoms with Crippen molar-refractivity contribution in [3.05, 3.63) is 20.8 Å². The van der Waals surface area contributed by atoms with E-state index >= 15 is 0 Å². The smallest absolute Gasteiger partial charge is 0.194 e. The lowest BCUT2D eigenvalue weighted by molar-refractivity contribution is -0.0817. The highest BCUT2D eigenvalue weighted by atomic mass is 79.9. The summed E-state index contributed by atoms with van der Waals surface area (Å²) in [6.45, 7) is 7.16. The second-order valence-electron chi connectivity index (χ2n) is 6.10. The fourth-order valence-electron chi connectivity index (χ4n) is 3.17. The van der Waals surface area contributed by atoms with E-state index in [4.69, 9.17) is 14.5 Å². The predicted octanol–water partition coefficient (Wildman–Crippen LogP) is 2.90. The van der Waals surface area contributed by atoms with Gasteiger partial charge in [0.15, 0.2) is 5.96 Å². The molecule has 3 rings (SSSR count). The lowest BCUT2D eigenvalue weighted by Gasteiger charge is -2.37. The van der Waals surface area contributed by atoms with E-state index in [2.05, 4.69) is 45.2 Å². The molecule has 7 heteroatoms. The van der Waals surface area contributed by atoms with E-state index in [-0.39, 0.29) is 12.2 Å². The molecule has 24 heavy (non-hydrogen) atoms. The Labute approximate surface area is 156 Å². The van der Waals surface area contributed by atoms with Crippen molar-refractivity contribution in [3.63, 3.8) is 0 Å². The summed E-state index contributed by atoms with van der Waals surface area (Å²) in [4.78, 5) is 8.51. The summed E-state index contributed by atoms with van der Waals surface area (Å²) in [7, 11) is 0. The number of hydrogen-bond acceptors (Lipinski definition) is 4. The molecule has 134 valence electrons. The van der Waals surface area contributed by atoms with Gasteiger partial charge in [-0.1, -0.05) is 0 Å². The van der Waals surface area contributed by atoms with Crippen molar-refractivity contribution < 1.29 is 9.47 Å². The van der Waals surface area contributed by atoms with Crippen LogP contribution >= 0.6 is 27.3 Å². The molecule has 2 fully saturated rings. The third-order valence-corrected chi connectivity index (χ3v) is 6.04. The topological polar surface area (TPSA) is 46.1 Å². The van der Waals surface area contributed by atoms with E-state index in [1.165, 1.54) is 8.66 Å². The first-order chi connectivity index (χ1) is 11.8. The Balaban J connectivity index is 1.57. The van der Waals surface area contributed by atoms with Crippen LogP contribution in [-0.4, -0.2) is 62.5 Å². The lowest BCUT2D eigenvalue weighted by Crippen LogP contribution is -2.53. The van der Waals surface area contributed by atoms with Gasteiger partial charge in [-0.15, -0.1) is 11.3 Å². The monoisotopic (exact) mass is 415 g/mol. The second kappa shape index (κ2) is 9.17. The predicted molar refractivity (Wildman–Crippen MR) is 102 cm³/mol. The molecule has 5 nitrogen and oxygen atoms in total. The SMILES string of the molecule is CCNC(=NCCc1ccc(Br)s1)N1CCOC(C2CCCO2)C1. The highest BCUT2D eigenvalue weighted by Gasteiger charge is 2.32. The van der Waals surface area contributed by atoms with Crippen LogP contribution in [0.3, 0.4) is 0 Å². The van der Waals surface area contributed by atoms with Gasteiger partial charge in [-0.3, -0.25) is 4.99 Å². The number of halogens is 1. The maximum absolute atomic E-state index is 5.94. The Morgan fingerprint density at radius 2 is 2.25 bits per heavy atom. The molecule has 0 bridgehead atoms. The number of morpholine rings is 1. The molecule has 1 aromatic heterocycles. The molecule has 0 radical (unpaired) electrons. The number of hydrogen-bond donors (Lipinski definition) is 1. The Morgan fingerprint density at radius 1 is 1.38 bits per heavy atom. The molecule has 0 saturated carbocycles. The van der Waals surface area contributed by atoms with Crippen LogP contribution in [-0.2, 0) is 15.9 Å². The Kier molecular flexibility index (Phi) is 6.95. The highest BCUT2D eigenvalue weighted by Crippen LogP contribution is 2.23. The van der Waals surface area contributed by atoms with Crippen LogP contribution in [0.5, 0.6) is 0 Å². The number of thiophene rings is 1. The van der Waals surface area contributed by atoms with Crippen molar-refractivity contribution >= 4 is 33.2 Å². The van der Waals surface area contributed by atoms with Crippen molar-refractivity contribution in [1.82, 2.24) is 10.2 Å². The largest absolute Gasteiger partial charge is 0.375 e. The molecule has 1 aromatic rings. The van der Waals surface area contributed by atoms with E-state index < -0.39 is 0 Å². The first kappa shape index (κ1) is 18.2. The van der Waals surface area contributed by atoms with Crippen molar-refractivity contribution in [2.24, 2.45) is 4.99 Å². The maximum atomic E-state index is 5.94. The molecule has 2 unspecified atom stereocenters. The number of ether oxygens (including phenoxy) is 2. The van der Waals surface area contributed by atoms with E-state index in [1.807, 2.05) is 0 Å². The lowest BCUT2D eigenvalue weighted by atomic mass is 10.1. The summed E-state index contributed by atoms with van der Waals surface area (Å²) >= 11 is 5.30. The van der Waals surface area contributed by atoms with E-state index in [1.54, 1.807) is 11.3 Å². The normalized spacial score (nSPS) is 25.2. The van der Waals surface area contributed by atoms with Crippen molar-refractivity contribution in [1.29, 1.82) is 0 Å². The zero-order chi connectivity index (χ0) is 16.8. The molecule has 2 aliphatic rings.